The molecule has 3 nitrogen and oxygen atoms in total. The van der Waals surface area contributed by atoms with Crippen molar-refractivity contribution < 1.29 is 4.74 Å². The second-order valence-corrected chi connectivity index (χ2v) is 17.0. The average molecular weight is 361 g/mol. The van der Waals surface area contributed by atoms with Gasteiger partial charge < -0.3 is 4.74 Å². The molecular weight excluding hydrogens is 319 g/mol. The van der Waals surface area contributed by atoms with Crippen LogP contribution in [0.1, 0.15) is 62.3 Å². The predicted molar refractivity (Wildman–Crippen MR) is 108 cm³/mol. The second-order valence-electron chi connectivity index (χ2n) is 9.13. The number of rotatable bonds is 8. The van der Waals surface area contributed by atoms with Gasteiger partial charge in [0.05, 0.1) is 22.4 Å². The SMILES string of the molecule is CC(C)N(C(C)C)P(N(C(C)C)C(C)C)[C@]1([Si](C)(C)C)OC1C. The minimum absolute atomic E-state index is 0.0887. The van der Waals surface area contributed by atoms with Crippen LogP contribution in [-0.4, -0.2) is 52.7 Å². The summed E-state index contributed by atoms with van der Waals surface area (Å²) >= 11 is 0. The molecule has 0 aromatic rings. The number of ether oxygens (including phenoxy) is 1. The molecular formula is C18H41N2OPSi. The monoisotopic (exact) mass is 360 g/mol. The summed E-state index contributed by atoms with van der Waals surface area (Å²) in [6.45, 7) is 28.5. The molecule has 5 heteroatoms. The third-order valence-electron chi connectivity index (χ3n) is 4.78. The Hall–Kier alpha value is 0.527. The summed E-state index contributed by atoms with van der Waals surface area (Å²) in [5, 5.41) is 0. The first-order chi connectivity index (χ1) is 10.3. The number of epoxide rings is 1. The van der Waals surface area contributed by atoms with E-state index in [0.717, 1.165) is 0 Å². The van der Waals surface area contributed by atoms with E-state index in [-0.39, 0.29) is 4.97 Å². The third kappa shape index (κ3) is 4.03. The van der Waals surface area contributed by atoms with Crippen molar-refractivity contribution in [1.29, 1.82) is 0 Å². The molecule has 0 bridgehead atoms. The maximum atomic E-state index is 6.50. The van der Waals surface area contributed by atoms with E-state index >= 15 is 0 Å². The Balaban J connectivity index is 3.49. The van der Waals surface area contributed by atoms with Crippen molar-refractivity contribution in [2.24, 2.45) is 0 Å². The zero-order valence-corrected chi connectivity index (χ0v) is 19.5. The zero-order chi connectivity index (χ0) is 18.3. The molecule has 0 amide bonds. The minimum Gasteiger partial charge on any atom is -0.363 e. The van der Waals surface area contributed by atoms with Crippen molar-refractivity contribution in [2.75, 3.05) is 0 Å². The van der Waals surface area contributed by atoms with Gasteiger partial charge in [0.1, 0.15) is 4.97 Å². The molecule has 1 aliphatic rings. The number of hydrogen-bond acceptors (Lipinski definition) is 3. The molecule has 23 heavy (non-hydrogen) atoms. The van der Waals surface area contributed by atoms with E-state index < -0.39 is 16.3 Å². The van der Waals surface area contributed by atoms with Gasteiger partial charge in [0.25, 0.3) is 0 Å². The van der Waals surface area contributed by atoms with E-state index in [2.05, 4.69) is 91.3 Å². The van der Waals surface area contributed by atoms with Crippen LogP contribution in [0.15, 0.2) is 0 Å². The highest BCUT2D eigenvalue weighted by Crippen LogP contribution is 2.71. The van der Waals surface area contributed by atoms with Crippen LogP contribution in [0, 0.1) is 0 Å². The number of hydrogen-bond donors (Lipinski definition) is 0. The predicted octanol–water partition coefficient (Wildman–Crippen LogP) is 5.53. The van der Waals surface area contributed by atoms with Crippen LogP contribution in [0.3, 0.4) is 0 Å². The van der Waals surface area contributed by atoms with Crippen LogP contribution in [0.5, 0.6) is 0 Å². The summed E-state index contributed by atoms with van der Waals surface area (Å²) in [6.07, 6.45) is 0.389. The highest BCUT2D eigenvalue weighted by atomic mass is 31.1. The minimum atomic E-state index is -1.49. The standard InChI is InChI=1S/C18H41N2OPSi/c1-13(2)19(14(3)4)22(20(15(5)6)16(7)8)18(17(9)21-18)23(10,11)12/h13-17H,1-12H3/t17?,18-/m1/s1. The van der Waals surface area contributed by atoms with Gasteiger partial charge in [-0.3, -0.25) is 9.34 Å². The Morgan fingerprint density at radius 1 is 0.783 bits per heavy atom. The molecule has 2 atom stereocenters. The molecule has 1 heterocycles. The van der Waals surface area contributed by atoms with Crippen molar-refractivity contribution in [3.05, 3.63) is 0 Å². The Morgan fingerprint density at radius 3 is 1.17 bits per heavy atom. The summed E-state index contributed by atoms with van der Waals surface area (Å²) in [5.41, 5.74) is 0. The maximum Gasteiger partial charge on any atom is 0.128 e. The van der Waals surface area contributed by atoms with Crippen LogP contribution in [0.2, 0.25) is 19.6 Å². The molecule has 1 unspecified atom stereocenters. The van der Waals surface area contributed by atoms with E-state index in [4.69, 9.17) is 4.74 Å². The topological polar surface area (TPSA) is 19.0 Å². The normalized spacial score (nSPS) is 26.0. The summed E-state index contributed by atoms with van der Waals surface area (Å²) in [7, 11) is -1.98. The molecule has 0 N–H and O–H groups in total. The van der Waals surface area contributed by atoms with Crippen LogP contribution >= 0.6 is 8.22 Å². The molecule has 1 fully saturated rings. The Kier molecular flexibility index (Phi) is 6.95. The van der Waals surface area contributed by atoms with E-state index in [1.807, 2.05) is 0 Å². The smallest absolute Gasteiger partial charge is 0.128 e. The van der Waals surface area contributed by atoms with E-state index in [1.54, 1.807) is 0 Å². The van der Waals surface area contributed by atoms with Crippen LogP contribution in [0.25, 0.3) is 0 Å². The molecule has 1 saturated heterocycles. The molecule has 0 radical (unpaired) electrons. The average Bonchev–Trinajstić information content (AvgIpc) is 2.98. The third-order valence-corrected chi connectivity index (χ3v) is 13.8. The second kappa shape index (κ2) is 7.41. The molecule has 0 spiro atoms. The molecule has 138 valence electrons. The lowest BCUT2D eigenvalue weighted by atomic mass is 10.3. The molecule has 0 aromatic carbocycles. The summed E-state index contributed by atoms with van der Waals surface area (Å²) in [4.78, 5) is 0.0887. The Labute approximate surface area is 148 Å². The van der Waals surface area contributed by atoms with Gasteiger partial charge in [0, 0.05) is 24.2 Å². The van der Waals surface area contributed by atoms with Crippen molar-refractivity contribution >= 4 is 16.3 Å². The molecule has 0 aromatic heterocycles. The van der Waals surface area contributed by atoms with Gasteiger partial charge in [-0.25, -0.2) is 0 Å². The highest BCUT2D eigenvalue weighted by Gasteiger charge is 2.69. The lowest BCUT2D eigenvalue weighted by Gasteiger charge is -2.52. The lowest BCUT2D eigenvalue weighted by Crippen LogP contribution is -2.54. The summed E-state index contributed by atoms with van der Waals surface area (Å²) in [5.74, 6) is 0. The fourth-order valence-corrected chi connectivity index (χ4v) is 12.2. The summed E-state index contributed by atoms with van der Waals surface area (Å²) < 4.78 is 12.0. The van der Waals surface area contributed by atoms with Gasteiger partial charge in [0.15, 0.2) is 0 Å². The molecule has 1 rings (SSSR count). The quantitative estimate of drug-likeness (QED) is 0.322. The van der Waals surface area contributed by atoms with E-state index in [9.17, 15) is 0 Å². The van der Waals surface area contributed by atoms with E-state index in [1.165, 1.54) is 0 Å². The van der Waals surface area contributed by atoms with E-state index in [0.29, 0.717) is 30.3 Å². The van der Waals surface area contributed by atoms with Crippen molar-refractivity contribution in [3.63, 3.8) is 0 Å². The van der Waals surface area contributed by atoms with Crippen molar-refractivity contribution in [3.8, 4) is 0 Å². The van der Waals surface area contributed by atoms with Gasteiger partial charge in [0.2, 0.25) is 0 Å². The lowest BCUT2D eigenvalue weighted by molar-refractivity contribution is 0.243. The molecule has 0 aliphatic carbocycles. The Morgan fingerprint density at radius 2 is 1.04 bits per heavy atom. The fourth-order valence-electron chi connectivity index (χ4n) is 4.06. The largest absolute Gasteiger partial charge is 0.363 e. The van der Waals surface area contributed by atoms with Gasteiger partial charge in [-0.15, -0.1) is 0 Å². The van der Waals surface area contributed by atoms with Gasteiger partial charge in [-0.05, 0) is 62.3 Å². The Bertz CT molecular complexity index is 359. The van der Waals surface area contributed by atoms with Gasteiger partial charge in [-0.1, -0.05) is 19.6 Å². The van der Waals surface area contributed by atoms with Crippen molar-refractivity contribution in [1.82, 2.24) is 9.34 Å². The molecule has 1 aliphatic heterocycles. The van der Waals surface area contributed by atoms with Crippen LogP contribution < -0.4 is 0 Å². The fraction of sp³-hybridized carbons (Fsp3) is 1.00. The maximum absolute atomic E-state index is 6.50. The van der Waals surface area contributed by atoms with Crippen LogP contribution in [-0.2, 0) is 4.74 Å². The molecule has 0 saturated carbocycles. The highest BCUT2D eigenvalue weighted by molar-refractivity contribution is 7.58. The zero-order valence-electron chi connectivity index (χ0n) is 17.6. The van der Waals surface area contributed by atoms with Gasteiger partial charge in [-0.2, -0.15) is 0 Å². The first-order valence-corrected chi connectivity index (χ1v) is 14.1. The number of nitrogens with zero attached hydrogens (tertiary/aromatic N) is 2. The van der Waals surface area contributed by atoms with Crippen molar-refractivity contribution in [2.45, 2.75) is 117 Å². The van der Waals surface area contributed by atoms with Crippen LogP contribution in [0.4, 0.5) is 0 Å². The van der Waals surface area contributed by atoms with Gasteiger partial charge >= 0.3 is 0 Å². The summed E-state index contributed by atoms with van der Waals surface area (Å²) in [6, 6.07) is 2.13. The first kappa shape index (κ1) is 21.6. The first-order valence-electron chi connectivity index (χ1n) is 9.33.